The molecule has 0 spiro atoms. The summed E-state index contributed by atoms with van der Waals surface area (Å²) in [5.74, 6) is 0.546. The van der Waals surface area contributed by atoms with Crippen molar-refractivity contribution >= 4 is 98.7 Å². The highest BCUT2D eigenvalue weighted by molar-refractivity contribution is 7.40. The van der Waals surface area contributed by atoms with Crippen LogP contribution in [0.25, 0.3) is 20.2 Å². The zero-order valence-electron chi connectivity index (χ0n) is 38.6. The van der Waals surface area contributed by atoms with Crippen molar-refractivity contribution in [2.75, 3.05) is 9.80 Å². The van der Waals surface area contributed by atoms with Crippen LogP contribution < -0.4 is 24.8 Å². The highest BCUT2D eigenvalue weighted by atomic mass is 32.1. The van der Waals surface area contributed by atoms with E-state index in [-0.39, 0.29) is 28.4 Å². The van der Waals surface area contributed by atoms with Crippen molar-refractivity contribution in [3.63, 3.8) is 0 Å². The molecule has 0 radical (unpaired) electrons. The average Bonchev–Trinajstić information content (AvgIpc) is 3.78. The van der Waals surface area contributed by atoms with Gasteiger partial charge in [-0.2, -0.15) is 0 Å². The molecule has 3 aliphatic rings. The zero-order valence-corrected chi connectivity index (χ0v) is 40.3. The summed E-state index contributed by atoms with van der Waals surface area (Å²) in [6.45, 7) is 28.2. The summed E-state index contributed by atoms with van der Waals surface area (Å²) < 4.78 is 5.67. The van der Waals surface area contributed by atoms with E-state index in [0.717, 1.165) is 0 Å². The van der Waals surface area contributed by atoms with Crippen molar-refractivity contribution in [2.24, 2.45) is 0 Å². The molecular weight excluding hydrogens is 776 g/mol. The Kier molecular flexibility index (Phi) is 9.41. The third-order valence-corrected chi connectivity index (χ3v) is 16.5. The first-order valence-electron chi connectivity index (χ1n) is 22.9. The van der Waals surface area contributed by atoms with Gasteiger partial charge in [-0.25, -0.2) is 0 Å². The molecule has 1 fully saturated rings. The lowest BCUT2D eigenvalue weighted by Gasteiger charge is -2.43. The van der Waals surface area contributed by atoms with Gasteiger partial charge in [-0.05, 0) is 134 Å². The second-order valence-corrected chi connectivity index (χ2v) is 24.7. The predicted molar refractivity (Wildman–Crippen MR) is 272 cm³/mol. The Hall–Kier alpha value is -4.32. The molecule has 5 aromatic carbocycles. The number of hydrogen-bond acceptors (Lipinski definition) is 4. The molecule has 10 rings (SSSR count). The minimum absolute atomic E-state index is 0.0351. The van der Waals surface area contributed by atoms with Crippen LogP contribution in [0.3, 0.4) is 0 Å². The minimum Gasteiger partial charge on any atom is -0.310 e. The molecule has 2 nitrogen and oxygen atoms in total. The predicted octanol–water partition coefficient (Wildman–Crippen LogP) is 15.4. The van der Waals surface area contributed by atoms with E-state index >= 15 is 0 Å². The summed E-state index contributed by atoms with van der Waals surface area (Å²) in [5, 5.41) is 2.75. The first-order valence-corrected chi connectivity index (χ1v) is 24.5. The van der Waals surface area contributed by atoms with E-state index in [1.54, 1.807) is 0 Å². The Morgan fingerprint density at radius 3 is 1.21 bits per heavy atom. The molecule has 1 saturated carbocycles. The monoisotopic (exact) mass is 838 g/mol. The largest absolute Gasteiger partial charge is 0.310 e. The standard InChI is InChI=1S/C56H63BN2S2/c1-53(2,3)36-18-24-40(25-19-36)58-44-30-35(34-16-14-13-15-17-34)31-45-48(44)57(51-49(58)42-32-38(55(7,8)9)22-28-46(42)60-51)52-50(43-33-39(56(10,11)12)23-29-47(43)61-52)59(45)41-26-20-37(21-27-41)54(4,5)6/h18-34H,13-17H2,1-12H3. The molecule has 5 heteroatoms. The Labute approximate surface area is 374 Å². The fraction of sp³-hybridized carbons (Fsp3) is 0.393. The molecule has 0 bridgehead atoms. The molecule has 0 unspecified atom stereocenters. The van der Waals surface area contributed by atoms with Gasteiger partial charge in [0.1, 0.15) is 0 Å². The molecule has 0 atom stereocenters. The maximum absolute atomic E-state index is 2.70. The summed E-state index contributed by atoms with van der Waals surface area (Å²) >= 11 is 4.05. The third-order valence-electron chi connectivity index (χ3n) is 14.1. The number of anilines is 6. The fourth-order valence-electron chi connectivity index (χ4n) is 10.4. The number of benzene rings is 5. The van der Waals surface area contributed by atoms with Gasteiger partial charge in [-0.1, -0.05) is 139 Å². The van der Waals surface area contributed by atoms with Gasteiger partial charge in [0.2, 0.25) is 0 Å². The van der Waals surface area contributed by atoms with E-state index in [1.165, 1.54) is 129 Å². The lowest BCUT2D eigenvalue weighted by atomic mass is 9.39. The van der Waals surface area contributed by atoms with Crippen molar-refractivity contribution in [3.8, 4) is 0 Å². The van der Waals surface area contributed by atoms with Gasteiger partial charge >= 0.3 is 0 Å². The number of thiophene rings is 2. The van der Waals surface area contributed by atoms with Gasteiger partial charge in [0.15, 0.2) is 0 Å². The molecule has 0 saturated heterocycles. The Morgan fingerprint density at radius 1 is 0.459 bits per heavy atom. The smallest absolute Gasteiger partial charge is 0.277 e. The molecule has 2 aliphatic heterocycles. The summed E-state index contributed by atoms with van der Waals surface area (Å²) in [6.07, 6.45) is 6.46. The van der Waals surface area contributed by atoms with Gasteiger partial charge in [0, 0.05) is 52.5 Å². The first-order chi connectivity index (χ1) is 28.8. The molecular formula is C56H63BN2S2. The summed E-state index contributed by atoms with van der Waals surface area (Å²) in [4.78, 5) is 5.40. The summed E-state index contributed by atoms with van der Waals surface area (Å²) in [5.41, 5.74) is 16.6. The van der Waals surface area contributed by atoms with Crippen LogP contribution in [0.15, 0.2) is 97.1 Å². The first kappa shape index (κ1) is 40.7. The molecule has 4 heterocycles. The van der Waals surface area contributed by atoms with E-state index < -0.39 is 0 Å². The summed E-state index contributed by atoms with van der Waals surface area (Å²) in [6, 6.07) is 39.1. The highest BCUT2D eigenvalue weighted by Crippen LogP contribution is 2.52. The van der Waals surface area contributed by atoms with Crippen LogP contribution in [0.1, 0.15) is 149 Å². The molecule has 7 aromatic rings. The van der Waals surface area contributed by atoms with Crippen LogP contribution in [0.2, 0.25) is 0 Å². The van der Waals surface area contributed by atoms with E-state index in [4.69, 9.17) is 0 Å². The van der Waals surface area contributed by atoms with Gasteiger partial charge in [-0.3, -0.25) is 0 Å². The van der Waals surface area contributed by atoms with Crippen LogP contribution >= 0.6 is 22.7 Å². The van der Waals surface area contributed by atoms with E-state index in [0.29, 0.717) is 5.92 Å². The average molecular weight is 839 g/mol. The molecule has 61 heavy (non-hydrogen) atoms. The van der Waals surface area contributed by atoms with Crippen molar-refractivity contribution in [3.05, 3.63) is 125 Å². The Balaban J connectivity index is 1.34. The third kappa shape index (κ3) is 6.79. The fourth-order valence-corrected chi connectivity index (χ4v) is 13.0. The van der Waals surface area contributed by atoms with Crippen molar-refractivity contribution in [1.82, 2.24) is 0 Å². The second kappa shape index (κ2) is 14.1. The molecule has 312 valence electrons. The Bertz CT molecular complexity index is 2640. The molecule has 0 N–H and O–H groups in total. The molecule has 2 aromatic heterocycles. The van der Waals surface area contributed by atoms with E-state index in [9.17, 15) is 0 Å². The maximum atomic E-state index is 2.70. The SMILES string of the molecule is CC(C)(C)c1ccc(N2c3cc(C4CCCCC4)cc4c3B(c3sc5ccc(C(C)(C)C)cc5c32)c2sc3ccc(C(C)(C)C)cc3c2N4c2ccc(C(C)(C)C)cc2)cc1. The number of nitrogens with zero attached hydrogens (tertiary/aromatic N) is 2. The van der Waals surface area contributed by atoms with Gasteiger partial charge in [-0.15, -0.1) is 22.7 Å². The van der Waals surface area contributed by atoms with Crippen LogP contribution in [0.4, 0.5) is 34.1 Å². The van der Waals surface area contributed by atoms with Crippen LogP contribution in [0, 0.1) is 0 Å². The maximum Gasteiger partial charge on any atom is 0.277 e. The van der Waals surface area contributed by atoms with Crippen LogP contribution in [0.5, 0.6) is 0 Å². The zero-order chi connectivity index (χ0) is 43.0. The summed E-state index contributed by atoms with van der Waals surface area (Å²) in [7, 11) is 0. The molecule has 0 amide bonds. The van der Waals surface area contributed by atoms with Crippen LogP contribution in [-0.4, -0.2) is 6.71 Å². The normalized spacial score (nSPS) is 16.0. The van der Waals surface area contributed by atoms with E-state index in [2.05, 4.69) is 190 Å². The van der Waals surface area contributed by atoms with Gasteiger partial charge in [0.25, 0.3) is 6.71 Å². The van der Waals surface area contributed by atoms with E-state index in [1.807, 2.05) is 22.7 Å². The quantitative estimate of drug-likeness (QED) is 0.164. The van der Waals surface area contributed by atoms with Gasteiger partial charge < -0.3 is 9.80 Å². The molecule has 1 aliphatic carbocycles. The highest BCUT2D eigenvalue weighted by Gasteiger charge is 2.47. The van der Waals surface area contributed by atoms with Crippen molar-refractivity contribution < 1.29 is 0 Å². The van der Waals surface area contributed by atoms with Gasteiger partial charge in [0.05, 0.1) is 11.4 Å². The number of rotatable bonds is 3. The lowest BCUT2D eigenvalue weighted by Crippen LogP contribution is -2.59. The van der Waals surface area contributed by atoms with Crippen molar-refractivity contribution in [1.29, 1.82) is 0 Å². The number of hydrogen-bond donors (Lipinski definition) is 0. The van der Waals surface area contributed by atoms with Crippen molar-refractivity contribution in [2.45, 2.75) is 143 Å². The topological polar surface area (TPSA) is 6.48 Å². The second-order valence-electron chi connectivity index (χ2n) is 22.6. The minimum atomic E-state index is 0.0351. The Morgan fingerprint density at radius 2 is 0.836 bits per heavy atom. The van der Waals surface area contributed by atoms with Crippen LogP contribution in [-0.2, 0) is 21.7 Å². The number of fused-ring (bicyclic) bond motifs is 8. The lowest BCUT2D eigenvalue weighted by molar-refractivity contribution is 0.444.